The maximum absolute atomic E-state index is 13.0. The summed E-state index contributed by atoms with van der Waals surface area (Å²) in [6.45, 7) is 0. The van der Waals surface area contributed by atoms with Crippen LogP contribution in [0.1, 0.15) is 10.4 Å². The van der Waals surface area contributed by atoms with Gasteiger partial charge in [-0.05, 0) is 36.4 Å². The highest BCUT2D eigenvalue weighted by molar-refractivity contribution is 9.10. The molecule has 1 amide bonds. The van der Waals surface area contributed by atoms with Crippen LogP contribution < -0.4 is 11.1 Å². The molecule has 18 heavy (non-hydrogen) atoms. The smallest absolute Gasteiger partial charge is 0.255 e. The van der Waals surface area contributed by atoms with Gasteiger partial charge in [-0.3, -0.25) is 4.79 Å². The zero-order chi connectivity index (χ0) is 13.1. The molecule has 0 saturated carbocycles. The fourth-order valence-corrected chi connectivity index (χ4v) is 2.02. The molecule has 2 aromatic rings. The minimum absolute atomic E-state index is 0.339. The van der Waals surface area contributed by atoms with Gasteiger partial charge in [-0.1, -0.05) is 22.0 Å². The van der Waals surface area contributed by atoms with Crippen LogP contribution in [0.15, 0.2) is 46.9 Å². The molecule has 0 saturated heterocycles. The third kappa shape index (κ3) is 3.07. The maximum atomic E-state index is 13.0. The van der Waals surface area contributed by atoms with Crippen molar-refractivity contribution in [3.05, 3.63) is 58.3 Å². The number of anilines is 2. The molecular formula is C13H10BrFN2O. The van der Waals surface area contributed by atoms with Crippen LogP contribution >= 0.6 is 15.9 Å². The summed E-state index contributed by atoms with van der Waals surface area (Å²) in [5.41, 5.74) is 6.93. The van der Waals surface area contributed by atoms with E-state index in [0.29, 0.717) is 21.4 Å². The fraction of sp³-hybridized carbons (Fsp3) is 0. The Kier molecular flexibility index (Phi) is 3.62. The van der Waals surface area contributed by atoms with E-state index in [0.717, 1.165) is 0 Å². The van der Waals surface area contributed by atoms with Crippen molar-refractivity contribution in [3.63, 3.8) is 0 Å². The van der Waals surface area contributed by atoms with Gasteiger partial charge in [0.15, 0.2) is 0 Å². The van der Waals surface area contributed by atoms with Crippen LogP contribution in [0.5, 0.6) is 0 Å². The molecule has 0 spiro atoms. The molecule has 0 aliphatic carbocycles. The van der Waals surface area contributed by atoms with Crippen LogP contribution in [0.2, 0.25) is 0 Å². The summed E-state index contributed by atoms with van der Waals surface area (Å²) >= 11 is 3.26. The van der Waals surface area contributed by atoms with Crippen molar-refractivity contribution in [3.8, 4) is 0 Å². The third-order valence-electron chi connectivity index (χ3n) is 2.26. The average Bonchev–Trinajstić information content (AvgIpc) is 2.27. The molecule has 2 rings (SSSR count). The molecule has 0 aromatic heterocycles. The highest BCUT2D eigenvalue weighted by Crippen LogP contribution is 2.18. The quantitative estimate of drug-likeness (QED) is 0.835. The van der Waals surface area contributed by atoms with Gasteiger partial charge in [-0.25, -0.2) is 4.39 Å². The predicted molar refractivity (Wildman–Crippen MR) is 72.9 cm³/mol. The van der Waals surface area contributed by atoms with E-state index in [4.69, 9.17) is 5.73 Å². The normalized spacial score (nSPS) is 10.1. The van der Waals surface area contributed by atoms with Crippen molar-refractivity contribution in [2.45, 2.75) is 0 Å². The number of amides is 1. The zero-order valence-electron chi connectivity index (χ0n) is 9.28. The monoisotopic (exact) mass is 308 g/mol. The Morgan fingerprint density at radius 3 is 2.67 bits per heavy atom. The summed E-state index contributed by atoms with van der Waals surface area (Å²) in [6, 6.07) is 10.6. The first-order chi connectivity index (χ1) is 8.54. The number of nitrogens with one attached hydrogen (secondary N) is 1. The second-order valence-corrected chi connectivity index (χ2v) is 4.65. The Balaban J connectivity index is 2.22. The fourth-order valence-electron chi connectivity index (χ4n) is 1.51. The largest absolute Gasteiger partial charge is 0.399 e. The average molecular weight is 309 g/mol. The molecule has 0 radical (unpaired) electrons. The number of rotatable bonds is 2. The van der Waals surface area contributed by atoms with E-state index in [9.17, 15) is 9.18 Å². The van der Waals surface area contributed by atoms with E-state index < -0.39 is 5.82 Å². The van der Waals surface area contributed by atoms with Gasteiger partial charge in [0, 0.05) is 21.4 Å². The van der Waals surface area contributed by atoms with Gasteiger partial charge in [0.25, 0.3) is 5.91 Å². The third-order valence-corrected chi connectivity index (χ3v) is 2.72. The number of carbonyl (C=O) groups is 1. The van der Waals surface area contributed by atoms with E-state index in [2.05, 4.69) is 21.2 Å². The highest BCUT2D eigenvalue weighted by atomic mass is 79.9. The first-order valence-corrected chi connectivity index (χ1v) is 5.97. The molecule has 0 aliphatic rings. The second kappa shape index (κ2) is 5.18. The van der Waals surface area contributed by atoms with Gasteiger partial charge >= 0.3 is 0 Å². The van der Waals surface area contributed by atoms with Gasteiger partial charge in [0.1, 0.15) is 5.82 Å². The van der Waals surface area contributed by atoms with Gasteiger partial charge < -0.3 is 11.1 Å². The number of halogens is 2. The molecule has 0 fully saturated rings. The number of nitrogens with two attached hydrogens (primary N) is 1. The van der Waals surface area contributed by atoms with Crippen LogP contribution in [0.3, 0.4) is 0 Å². The molecule has 0 bridgehead atoms. The topological polar surface area (TPSA) is 55.1 Å². The first-order valence-electron chi connectivity index (χ1n) is 5.17. The van der Waals surface area contributed by atoms with Crippen molar-refractivity contribution < 1.29 is 9.18 Å². The maximum Gasteiger partial charge on any atom is 0.255 e. The number of hydrogen-bond donors (Lipinski definition) is 2. The van der Waals surface area contributed by atoms with Crippen LogP contribution in [0, 0.1) is 5.82 Å². The first kappa shape index (κ1) is 12.6. The molecule has 5 heteroatoms. The highest BCUT2D eigenvalue weighted by Gasteiger charge is 2.08. The SMILES string of the molecule is Nc1cc(Br)cc(C(=O)Nc2cccc(F)c2)c1. The minimum atomic E-state index is -0.401. The van der Waals surface area contributed by atoms with E-state index in [1.54, 1.807) is 24.3 Å². The summed E-state index contributed by atoms with van der Waals surface area (Å²) in [6.07, 6.45) is 0. The van der Waals surface area contributed by atoms with Crippen LogP contribution in [-0.4, -0.2) is 5.91 Å². The Morgan fingerprint density at radius 2 is 2.00 bits per heavy atom. The molecule has 92 valence electrons. The number of hydrogen-bond acceptors (Lipinski definition) is 2. The van der Waals surface area contributed by atoms with E-state index in [-0.39, 0.29) is 5.91 Å². The van der Waals surface area contributed by atoms with Crippen molar-refractivity contribution in [2.24, 2.45) is 0 Å². The van der Waals surface area contributed by atoms with Crippen molar-refractivity contribution in [1.29, 1.82) is 0 Å². The molecule has 2 aromatic carbocycles. The second-order valence-electron chi connectivity index (χ2n) is 3.74. The zero-order valence-corrected chi connectivity index (χ0v) is 10.9. The van der Waals surface area contributed by atoms with E-state index in [1.165, 1.54) is 18.2 Å². The van der Waals surface area contributed by atoms with Crippen molar-refractivity contribution in [2.75, 3.05) is 11.1 Å². The lowest BCUT2D eigenvalue weighted by molar-refractivity contribution is 0.102. The van der Waals surface area contributed by atoms with Crippen LogP contribution in [-0.2, 0) is 0 Å². The lowest BCUT2D eigenvalue weighted by Gasteiger charge is -2.06. The lowest BCUT2D eigenvalue weighted by atomic mass is 10.2. The molecule has 3 N–H and O–H groups in total. The van der Waals surface area contributed by atoms with E-state index in [1.807, 2.05) is 0 Å². The molecule has 0 atom stereocenters. The summed E-state index contributed by atoms with van der Waals surface area (Å²) in [5.74, 6) is -0.741. The summed E-state index contributed by atoms with van der Waals surface area (Å²) in [4.78, 5) is 11.9. The molecule has 0 aliphatic heterocycles. The number of benzene rings is 2. The Morgan fingerprint density at radius 1 is 1.22 bits per heavy atom. The Labute approximate surface area is 112 Å². The standard InChI is InChI=1S/C13H10BrFN2O/c14-9-4-8(5-11(16)6-9)13(18)17-12-3-1-2-10(15)7-12/h1-7H,16H2,(H,17,18). The predicted octanol–water partition coefficient (Wildman–Crippen LogP) is 3.42. The molecule has 3 nitrogen and oxygen atoms in total. The van der Waals surface area contributed by atoms with Gasteiger partial charge in [0.2, 0.25) is 0 Å². The summed E-state index contributed by atoms with van der Waals surface area (Å²) < 4.78 is 13.7. The van der Waals surface area contributed by atoms with Crippen LogP contribution in [0.4, 0.5) is 15.8 Å². The Hall–Kier alpha value is -1.88. The van der Waals surface area contributed by atoms with Gasteiger partial charge in [0.05, 0.1) is 0 Å². The minimum Gasteiger partial charge on any atom is -0.399 e. The molecular weight excluding hydrogens is 299 g/mol. The lowest BCUT2D eigenvalue weighted by Crippen LogP contribution is -2.12. The van der Waals surface area contributed by atoms with Gasteiger partial charge in [-0.2, -0.15) is 0 Å². The summed E-state index contributed by atoms with van der Waals surface area (Å²) in [7, 11) is 0. The van der Waals surface area contributed by atoms with Crippen molar-refractivity contribution >= 4 is 33.2 Å². The molecule has 0 heterocycles. The number of carbonyl (C=O) groups excluding carboxylic acids is 1. The van der Waals surface area contributed by atoms with Crippen molar-refractivity contribution in [1.82, 2.24) is 0 Å². The Bertz CT molecular complexity index is 581. The molecule has 0 unspecified atom stereocenters. The van der Waals surface area contributed by atoms with E-state index >= 15 is 0 Å². The number of nitrogen functional groups attached to an aromatic ring is 1. The van der Waals surface area contributed by atoms with Gasteiger partial charge in [-0.15, -0.1) is 0 Å². The summed E-state index contributed by atoms with van der Waals surface area (Å²) in [5, 5.41) is 2.60. The van der Waals surface area contributed by atoms with Crippen LogP contribution in [0.25, 0.3) is 0 Å².